The van der Waals surface area contributed by atoms with E-state index in [-0.39, 0.29) is 10.7 Å². The van der Waals surface area contributed by atoms with E-state index in [9.17, 15) is 14.0 Å². The van der Waals surface area contributed by atoms with Crippen LogP contribution in [0.2, 0.25) is 5.02 Å². The third-order valence-corrected chi connectivity index (χ3v) is 3.71. The highest BCUT2D eigenvalue weighted by molar-refractivity contribution is 6.31. The Balaban J connectivity index is 2.37. The number of rotatable bonds is 4. The van der Waals surface area contributed by atoms with E-state index >= 15 is 0 Å². The molecule has 27 heavy (non-hydrogen) atoms. The normalized spacial score (nSPS) is 11.1. The Labute approximate surface area is 161 Å². The smallest absolute Gasteiger partial charge is 0.415 e. The van der Waals surface area contributed by atoms with Crippen molar-refractivity contribution >= 4 is 35.0 Å². The van der Waals surface area contributed by atoms with Crippen molar-refractivity contribution in [2.45, 2.75) is 26.4 Å². The second-order valence-electron chi connectivity index (χ2n) is 6.86. The van der Waals surface area contributed by atoms with Gasteiger partial charge in [-0.25, -0.2) is 9.18 Å². The number of nitrogens with two attached hydrogens (primary N) is 1. The van der Waals surface area contributed by atoms with E-state index in [2.05, 4.69) is 0 Å². The number of carbonyl (C=O) groups excluding carboxylic acids is 1. The summed E-state index contributed by atoms with van der Waals surface area (Å²) in [6, 6.07) is 8.89. The first-order valence-electron chi connectivity index (χ1n) is 8.05. The molecule has 0 saturated heterocycles. The van der Waals surface area contributed by atoms with Gasteiger partial charge >= 0.3 is 12.1 Å². The van der Waals surface area contributed by atoms with E-state index in [1.807, 2.05) is 0 Å². The predicted molar refractivity (Wildman–Crippen MR) is 102 cm³/mol. The predicted octanol–water partition coefficient (Wildman–Crippen LogP) is 4.55. The molecular formula is C19H20ClFN2O4. The van der Waals surface area contributed by atoms with E-state index in [1.54, 1.807) is 32.9 Å². The highest BCUT2D eigenvalue weighted by Crippen LogP contribution is 2.32. The Morgan fingerprint density at radius 1 is 1.22 bits per heavy atom. The molecule has 0 atom stereocenters. The summed E-state index contributed by atoms with van der Waals surface area (Å²) < 4.78 is 19.1. The largest absolute Gasteiger partial charge is 0.480 e. The lowest BCUT2D eigenvalue weighted by Crippen LogP contribution is -2.40. The summed E-state index contributed by atoms with van der Waals surface area (Å²) in [5, 5.41) is 9.30. The Morgan fingerprint density at radius 2 is 1.81 bits per heavy atom. The zero-order valence-corrected chi connectivity index (χ0v) is 15.9. The first-order valence-corrected chi connectivity index (χ1v) is 8.43. The van der Waals surface area contributed by atoms with Gasteiger partial charge in [-0.1, -0.05) is 23.7 Å². The number of halogens is 2. The second kappa shape index (κ2) is 7.84. The molecule has 0 spiro atoms. The molecule has 8 heteroatoms. The molecule has 0 heterocycles. The zero-order valence-electron chi connectivity index (χ0n) is 15.1. The van der Waals surface area contributed by atoms with Gasteiger partial charge in [0.05, 0.1) is 5.69 Å². The van der Waals surface area contributed by atoms with Crippen LogP contribution in [0.3, 0.4) is 0 Å². The van der Waals surface area contributed by atoms with E-state index in [1.165, 1.54) is 18.2 Å². The molecule has 1 amide bonds. The van der Waals surface area contributed by atoms with Gasteiger partial charge < -0.3 is 15.6 Å². The summed E-state index contributed by atoms with van der Waals surface area (Å²) in [6.45, 7) is 4.48. The van der Waals surface area contributed by atoms with Crippen molar-refractivity contribution in [3.63, 3.8) is 0 Å². The molecular weight excluding hydrogens is 375 g/mol. The van der Waals surface area contributed by atoms with Crippen molar-refractivity contribution in [3.8, 4) is 11.1 Å². The summed E-state index contributed by atoms with van der Waals surface area (Å²) in [5.41, 5.74) is 6.22. The van der Waals surface area contributed by atoms with Crippen LogP contribution in [-0.2, 0) is 9.53 Å². The molecule has 0 aliphatic rings. The third-order valence-electron chi connectivity index (χ3n) is 3.49. The van der Waals surface area contributed by atoms with Gasteiger partial charge in [0.15, 0.2) is 0 Å². The van der Waals surface area contributed by atoms with Gasteiger partial charge in [0.2, 0.25) is 0 Å². The van der Waals surface area contributed by atoms with E-state index < -0.39 is 30.0 Å². The maximum atomic E-state index is 13.8. The van der Waals surface area contributed by atoms with Crippen LogP contribution < -0.4 is 10.6 Å². The average Bonchev–Trinajstić information content (AvgIpc) is 2.54. The van der Waals surface area contributed by atoms with Crippen molar-refractivity contribution in [3.05, 3.63) is 47.2 Å². The Bertz CT molecular complexity index is 863. The lowest BCUT2D eigenvalue weighted by atomic mass is 10.0. The van der Waals surface area contributed by atoms with Crippen LogP contribution in [0.4, 0.5) is 20.6 Å². The van der Waals surface area contributed by atoms with E-state index in [4.69, 9.17) is 27.2 Å². The Morgan fingerprint density at radius 3 is 2.33 bits per heavy atom. The molecule has 0 aliphatic heterocycles. The van der Waals surface area contributed by atoms with Gasteiger partial charge in [0, 0.05) is 16.3 Å². The Hall–Kier alpha value is -2.80. The highest BCUT2D eigenvalue weighted by atomic mass is 35.5. The fourth-order valence-electron chi connectivity index (χ4n) is 2.36. The van der Waals surface area contributed by atoms with Crippen LogP contribution in [-0.4, -0.2) is 29.3 Å². The quantitative estimate of drug-likeness (QED) is 0.742. The molecule has 2 rings (SSSR count). The van der Waals surface area contributed by atoms with Gasteiger partial charge in [-0.3, -0.25) is 9.69 Å². The topological polar surface area (TPSA) is 92.9 Å². The van der Waals surface area contributed by atoms with Crippen molar-refractivity contribution in [1.82, 2.24) is 0 Å². The van der Waals surface area contributed by atoms with E-state index in [0.29, 0.717) is 16.8 Å². The third kappa shape index (κ3) is 5.34. The molecule has 144 valence electrons. The summed E-state index contributed by atoms with van der Waals surface area (Å²) in [7, 11) is 0. The number of hydrogen-bond acceptors (Lipinski definition) is 4. The van der Waals surface area contributed by atoms with Crippen LogP contribution in [0.15, 0.2) is 36.4 Å². The average molecular weight is 395 g/mol. The first kappa shape index (κ1) is 20.5. The Kier molecular flexibility index (Phi) is 5.95. The number of aliphatic carboxylic acids is 1. The van der Waals surface area contributed by atoms with Crippen LogP contribution in [0.5, 0.6) is 0 Å². The van der Waals surface area contributed by atoms with Crippen LogP contribution in [0, 0.1) is 5.82 Å². The summed E-state index contributed by atoms with van der Waals surface area (Å²) in [5.74, 6) is -1.83. The fourth-order valence-corrected chi connectivity index (χ4v) is 2.56. The molecule has 0 fully saturated rings. The van der Waals surface area contributed by atoms with E-state index in [0.717, 1.165) is 11.0 Å². The summed E-state index contributed by atoms with van der Waals surface area (Å²) in [6.07, 6.45) is -0.786. The minimum Gasteiger partial charge on any atom is -0.480 e. The van der Waals surface area contributed by atoms with Gasteiger partial charge in [0.25, 0.3) is 0 Å². The van der Waals surface area contributed by atoms with Gasteiger partial charge in [-0.2, -0.15) is 0 Å². The van der Waals surface area contributed by atoms with Gasteiger partial charge in [0.1, 0.15) is 18.0 Å². The molecule has 2 aromatic carbocycles. The lowest BCUT2D eigenvalue weighted by molar-refractivity contribution is -0.135. The number of carboxylic acid groups (broad SMARTS) is 1. The molecule has 0 saturated carbocycles. The molecule has 2 aromatic rings. The molecule has 6 nitrogen and oxygen atoms in total. The highest BCUT2D eigenvalue weighted by Gasteiger charge is 2.25. The molecule has 0 aromatic heterocycles. The monoisotopic (exact) mass is 394 g/mol. The number of benzene rings is 2. The van der Waals surface area contributed by atoms with Gasteiger partial charge in [-0.05, 0) is 50.6 Å². The van der Waals surface area contributed by atoms with Crippen molar-refractivity contribution in [2.24, 2.45) is 0 Å². The molecule has 0 radical (unpaired) electrons. The molecule has 0 bridgehead atoms. The molecule has 0 aliphatic carbocycles. The lowest BCUT2D eigenvalue weighted by Gasteiger charge is -2.26. The van der Waals surface area contributed by atoms with Crippen LogP contribution >= 0.6 is 11.6 Å². The zero-order chi connectivity index (χ0) is 20.4. The van der Waals surface area contributed by atoms with Gasteiger partial charge in [-0.15, -0.1) is 0 Å². The number of carboxylic acids is 1. The van der Waals surface area contributed by atoms with Crippen molar-refractivity contribution < 1.29 is 23.8 Å². The standard InChI is InChI=1S/C19H20ClFN2O4/c1-19(2,3)27-18(26)23(10-16(24)25)13-6-4-11(5-7-13)14-8-12(20)9-15(21)17(14)22/h4-9H,10,22H2,1-3H3,(H,24,25). The number of nitrogen functional groups attached to an aromatic ring is 1. The molecule has 0 unspecified atom stereocenters. The number of amides is 1. The summed E-state index contributed by atoms with van der Waals surface area (Å²) in [4.78, 5) is 24.5. The number of anilines is 2. The first-order chi connectivity index (χ1) is 12.5. The number of nitrogens with zero attached hydrogens (tertiary/aromatic N) is 1. The van der Waals surface area contributed by atoms with Crippen molar-refractivity contribution in [2.75, 3.05) is 17.2 Å². The fraction of sp³-hybridized carbons (Fsp3) is 0.263. The number of carbonyl (C=O) groups is 2. The second-order valence-corrected chi connectivity index (χ2v) is 7.29. The minimum atomic E-state index is -1.19. The number of hydrogen-bond donors (Lipinski definition) is 2. The minimum absolute atomic E-state index is 0.0540. The van der Waals surface area contributed by atoms with Crippen LogP contribution in [0.25, 0.3) is 11.1 Å². The SMILES string of the molecule is CC(C)(C)OC(=O)N(CC(=O)O)c1ccc(-c2cc(Cl)cc(F)c2N)cc1. The van der Waals surface area contributed by atoms with Crippen molar-refractivity contribution in [1.29, 1.82) is 0 Å². The maximum Gasteiger partial charge on any atom is 0.415 e. The number of ether oxygens (including phenoxy) is 1. The summed E-state index contributed by atoms with van der Waals surface area (Å²) >= 11 is 5.88. The maximum absolute atomic E-state index is 13.8. The van der Waals surface area contributed by atoms with Crippen LogP contribution in [0.1, 0.15) is 20.8 Å². The molecule has 3 N–H and O–H groups in total.